The summed E-state index contributed by atoms with van der Waals surface area (Å²) in [7, 11) is 1.96. The van der Waals surface area contributed by atoms with Crippen LogP contribution in [0.1, 0.15) is 13.3 Å². The molecule has 0 unspecified atom stereocenters. The van der Waals surface area contributed by atoms with E-state index in [4.69, 9.17) is 0 Å². The molecule has 0 bridgehead atoms. The van der Waals surface area contributed by atoms with Crippen molar-refractivity contribution in [2.45, 2.75) is 13.3 Å². The fraction of sp³-hybridized carbons (Fsp3) is 1.00. The number of rotatable bonds is 2. The molecule has 0 rings (SSSR count). The van der Waals surface area contributed by atoms with Crippen LogP contribution in [0.2, 0.25) is 0 Å². The molecular formula is C4H11NNa. The second-order valence-corrected chi connectivity index (χ2v) is 1.10. The zero-order valence-corrected chi connectivity index (χ0v) is 6.91. The number of hydrogen-bond donors (Lipinski definition) is 1. The smallest absolute Gasteiger partial charge is 0 e. The Balaban J connectivity index is 0. The van der Waals surface area contributed by atoms with Gasteiger partial charge in [-0.15, -0.1) is 0 Å². The van der Waals surface area contributed by atoms with E-state index in [9.17, 15) is 0 Å². The molecule has 0 aliphatic carbocycles. The van der Waals surface area contributed by atoms with Gasteiger partial charge in [0.1, 0.15) is 0 Å². The third kappa shape index (κ3) is 8.88. The minimum absolute atomic E-state index is 0. The first-order valence-corrected chi connectivity index (χ1v) is 2.06. The van der Waals surface area contributed by atoms with Crippen molar-refractivity contribution in [1.82, 2.24) is 5.32 Å². The van der Waals surface area contributed by atoms with Crippen molar-refractivity contribution in [3.63, 3.8) is 0 Å². The molecule has 0 saturated carbocycles. The molecule has 1 radical (unpaired) electrons. The summed E-state index contributed by atoms with van der Waals surface area (Å²) in [5, 5.41) is 3.02. The molecule has 0 amide bonds. The maximum atomic E-state index is 3.02. The quantitative estimate of drug-likeness (QED) is 0.485. The van der Waals surface area contributed by atoms with Crippen LogP contribution in [0.5, 0.6) is 0 Å². The molecule has 0 heterocycles. The second-order valence-electron chi connectivity index (χ2n) is 1.10. The molecule has 33 valence electrons. The third-order valence-corrected chi connectivity index (χ3v) is 0.500. The molecule has 1 nitrogen and oxygen atoms in total. The molecule has 0 aliphatic rings. The van der Waals surface area contributed by atoms with Gasteiger partial charge in [-0.3, -0.25) is 0 Å². The van der Waals surface area contributed by atoms with Gasteiger partial charge in [0.15, 0.2) is 0 Å². The Kier molecular flexibility index (Phi) is 15.7. The normalized spacial score (nSPS) is 7.00. The van der Waals surface area contributed by atoms with Crippen LogP contribution in [-0.2, 0) is 0 Å². The van der Waals surface area contributed by atoms with Gasteiger partial charge in [0.25, 0.3) is 0 Å². The number of nitrogens with one attached hydrogen (secondary N) is 1. The summed E-state index contributed by atoms with van der Waals surface area (Å²) < 4.78 is 0. The molecule has 6 heavy (non-hydrogen) atoms. The van der Waals surface area contributed by atoms with E-state index in [2.05, 4.69) is 12.2 Å². The van der Waals surface area contributed by atoms with E-state index >= 15 is 0 Å². The topological polar surface area (TPSA) is 12.0 Å². The van der Waals surface area contributed by atoms with Crippen LogP contribution in [0.25, 0.3) is 0 Å². The first-order valence-electron chi connectivity index (χ1n) is 2.06. The summed E-state index contributed by atoms with van der Waals surface area (Å²) in [6.07, 6.45) is 1.23. The summed E-state index contributed by atoms with van der Waals surface area (Å²) in [5.41, 5.74) is 0. The summed E-state index contributed by atoms with van der Waals surface area (Å²) in [4.78, 5) is 0. The van der Waals surface area contributed by atoms with Gasteiger partial charge in [-0.2, -0.15) is 0 Å². The average Bonchev–Trinajstić information content (AvgIpc) is 1.41. The monoisotopic (exact) mass is 96.1 g/mol. The minimum atomic E-state index is 0. The summed E-state index contributed by atoms with van der Waals surface area (Å²) in [5.74, 6) is 0. The maximum absolute atomic E-state index is 3.02. The van der Waals surface area contributed by atoms with Crippen molar-refractivity contribution in [3.8, 4) is 0 Å². The minimum Gasteiger partial charge on any atom is -0.320 e. The maximum Gasteiger partial charge on any atom is 0 e. The van der Waals surface area contributed by atoms with Crippen LogP contribution >= 0.6 is 0 Å². The van der Waals surface area contributed by atoms with E-state index in [1.807, 2.05) is 7.05 Å². The van der Waals surface area contributed by atoms with Gasteiger partial charge in [-0.1, -0.05) is 6.92 Å². The molecule has 1 N–H and O–H groups in total. The molecule has 0 atom stereocenters. The van der Waals surface area contributed by atoms with E-state index in [1.165, 1.54) is 6.42 Å². The Hall–Kier alpha value is 0.960. The van der Waals surface area contributed by atoms with Crippen LogP contribution in [0, 0.1) is 0 Å². The van der Waals surface area contributed by atoms with Crippen LogP contribution in [0.3, 0.4) is 0 Å². The van der Waals surface area contributed by atoms with Crippen molar-refractivity contribution >= 4 is 29.6 Å². The molecule has 0 spiro atoms. The van der Waals surface area contributed by atoms with Crippen molar-refractivity contribution in [2.75, 3.05) is 13.6 Å². The zero-order chi connectivity index (χ0) is 4.12. The average molecular weight is 96.1 g/mol. The van der Waals surface area contributed by atoms with E-state index in [0.29, 0.717) is 0 Å². The summed E-state index contributed by atoms with van der Waals surface area (Å²) >= 11 is 0. The molecular weight excluding hydrogens is 85.0 g/mol. The molecule has 0 saturated heterocycles. The van der Waals surface area contributed by atoms with Crippen molar-refractivity contribution in [2.24, 2.45) is 0 Å². The van der Waals surface area contributed by atoms with Crippen LogP contribution in [0.15, 0.2) is 0 Å². The van der Waals surface area contributed by atoms with Gasteiger partial charge in [-0.25, -0.2) is 0 Å². The van der Waals surface area contributed by atoms with Crippen LogP contribution in [-0.4, -0.2) is 43.1 Å². The van der Waals surface area contributed by atoms with Gasteiger partial charge in [0.05, 0.1) is 0 Å². The molecule has 0 aromatic rings. The Morgan fingerprint density at radius 1 is 1.50 bits per heavy atom. The molecule has 0 aromatic heterocycles. The van der Waals surface area contributed by atoms with Gasteiger partial charge < -0.3 is 5.32 Å². The zero-order valence-electron chi connectivity index (χ0n) is 4.91. The first-order chi connectivity index (χ1) is 2.41. The predicted octanol–water partition coefficient (Wildman–Crippen LogP) is 0.235. The fourth-order valence-electron chi connectivity index (χ4n) is 0.250. The van der Waals surface area contributed by atoms with Crippen molar-refractivity contribution in [1.29, 1.82) is 0 Å². The van der Waals surface area contributed by atoms with Crippen molar-refractivity contribution in [3.05, 3.63) is 0 Å². The largest absolute Gasteiger partial charge is 0.320 e. The molecule has 0 aliphatic heterocycles. The molecule has 2 heteroatoms. The van der Waals surface area contributed by atoms with Gasteiger partial charge in [0.2, 0.25) is 0 Å². The summed E-state index contributed by atoms with van der Waals surface area (Å²) in [6, 6.07) is 0. The van der Waals surface area contributed by atoms with E-state index in [-0.39, 0.29) is 29.6 Å². The van der Waals surface area contributed by atoms with Crippen molar-refractivity contribution < 1.29 is 0 Å². The third-order valence-electron chi connectivity index (χ3n) is 0.500. The molecule has 0 fully saturated rings. The SMILES string of the molecule is CCCNC.[Na]. The predicted molar refractivity (Wildman–Crippen MR) is 30.0 cm³/mol. The van der Waals surface area contributed by atoms with Crippen LogP contribution < -0.4 is 5.32 Å². The Morgan fingerprint density at radius 2 is 2.00 bits per heavy atom. The Labute approximate surface area is 61.8 Å². The fourth-order valence-corrected chi connectivity index (χ4v) is 0.250. The molecule has 0 aromatic carbocycles. The second kappa shape index (κ2) is 9.35. The van der Waals surface area contributed by atoms with Gasteiger partial charge >= 0.3 is 0 Å². The number of hydrogen-bond acceptors (Lipinski definition) is 1. The van der Waals surface area contributed by atoms with E-state index in [1.54, 1.807) is 0 Å². The Morgan fingerprint density at radius 3 is 2.00 bits per heavy atom. The first kappa shape index (κ1) is 10.0. The standard InChI is InChI=1S/C4H11N.Na/c1-3-4-5-2;/h5H,3-4H2,1-2H3;. The van der Waals surface area contributed by atoms with E-state index in [0.717, 1.165) is 6.54 Å². The van der Waals surface area contributed by atoms with Gasteiger partial charge in [0, 0.05) is 29.6 Å². The van der Waals surface area contributed by atoms with Gasteiger partial charge in [-0.05, 0) is 20.0 Å². The van der Waals surface area contributed by atoms with Crippen LogP contribution in [0.4, 0.5) is 0 Å². The summed E-state index contributed by atoms with van der Waals surface area (Å²) in [6.45, 7) is 3.29. The Bertz CT molecular complexity index is 15.0. The van der Waals surface area contributed by atoms with E-state index < -0.39 is 0 Å².